The van der Waals surface area contributed by atoms with Crippen molar-refractivity contribution >= 4 is 0 Å². The first-order chi connectivity index (χ1) is 8.67. The van der Waals surface area contributed by atoms with E-state index in [2.05, 4.69) is 18.7 Å². The molecular formula is C16H32N2. The molecule has 18 heavy (non-hydrogen) atoms. The van der Waals surface area contributed by atoms with Crippen LogP contribution in [0.5, 0.6) is 0 Å². The van der Waals surface area contributed by atoms with Crippen LogP contribution in [-0.4, -0.2) is 31.1 Å². The van der Waals surface area contributed by atoms with E-state index in [0.29, 0.717) is 5.41 Å². The van der Waals surface area contributed by atoms with Crippen LogP contribution in [-0.2, 0) is 0 Å². The third kappa shape index (κ3) is 3.48. The molecule has 1 saturated carbocycles. The van der Waals surface area contributed by atoms with E-state index in [9.17, 15) is 0 Å². The molecule has 2 aliphatic rings. The van der Waals surface area contributed by atoms with Gasteiger partial charge in [-0.1, -0.05) is 33.1 Å². The van der Waals surface area contributed by atoms with Crippen molar-refractivity contribution < 1.29 is 0 Å². The maximum atomic E-state index is 5.94. The minimum absolute atomic E-state index is 0.621. The van der Waals surface area contributed by atoms with Crippen molar-refractivity contribution in [2.75, 3.05) is 26.2 Å². The van der Waals surface area contributed by atoms with Gasteiger partial charge >= 0.3 is 0 Å². The Bertz CT molecular complexity index is 243. The average Bonchev–Trinajstić information content (AvgIpc) is 2.42. The van der Waals surface area contributed by atoms with Crippen molar-refractivity contribution in [3.63, 3.8) is 0 Å². The second-order valence-electron chi connectivity index (χ2n) is 7.01. The third-order valence-corrected chi connectivity index (χ3v) is 5.78. The highest BCUT2D eigenvalue weighted by molar-refractivity contribution is 4.84. The van der Waals surface area contributed by atoms with Crippen LogP contribution in [0.2, 0.25) is 0 Å². The van der Waals surface area contributed by atoms with Crippen LogP contribution in [0, 0.1) is 17.3 Å². The van der Waals surface area contributed by atoms with Gasteiger partial charge in [0, 0.05) is 6.54 Å². The van der Waals surface area contributed by atoms with E-state index in [-0.39, 0.29) is 0 Å². The van der Waals surface area contributed by atoms with Crippen LogP contribution in [0.4, 0.5) is 0 Å². The molecule has 0 amide bonds. The van der Waals surface area contributed by atoms with Crippen LogP contribution < -0.4 is 5.73 Å². The zero-order valence-electron chi connectivity index (χ0n) is 12.5. The molecule has 2 rings (SSSR count). The lowest BCUT2D eigenvalue weighted by Gasteiger charge is -2.42. The summed E-state index contributed by atoms with van der Waals surface area (Å²) in [5.41, 5.74) is 6.57. The van der Waals surface area contributed by atoms with Crippen molar-refractivity contribution in [1.29, 1.82) is 0 Å². The summed E-state index contributed by atoms with van der Waals surface area (Å²) in [5.74, 6) is 1.69. The highest BCUT2D eigenvalue weighted by Crippen LogP contribution is 2.36. The number of piperidine rings is 1. The molecule has 0 aromatic rings. The average molecular weight is 252 g/mol. The first-order valence-corrected chi connectivity index (χ1v) is 8.09. The smallest absolute Gasteiger partial charge is 0.00128 e. The van der Waals surface area contributed by atoms with E-state index in [1.54, 1.807) is 0 Å². The number of rotatable bonds is 4. The quantitative estimate of drug-likeness (QED) is 0.832. The van der Waals surface area contributed by atoms with Gasteiger partial charge < -0.3 is 10.6 Å². The fourth-order valence-electron chi connectivity index (χ4n) is 3.80. The molecule has 2 atom stereocenters. The van der Waals surface area contributed by atoms with Crippen molar-refractivity contribution in [2.45, 2.75) is 58.8 Å². The molecule has 1 aliphatic carbocycles. The van der Waals surface area contributed by atoms with Gasteiger partial charge in [0.1, 0.15) is 0 Å². The van der Waals surface area contributed by atoms with E-state index in [0.717, 1.165) is 18.4 Å². The maximum absolute atomic E-state index is 5.94. The predicted molar refractivity (Wildman–Crippen MR) is 78.6 cm³/mol. The first kappa shape index (κ1) is 14.3. The fourth-order valence-corrected chi connectivity index (χ4v) is 3.80. The number of hydrogen-bond donors (Lipinski definition) is 1. The van der Waals surface area contributed by atoms with Crippen molar-refractivity contribution in [3.05, 3.63) is 0 Å². The molecule has 1 aliphatic heterocycles. The van der Waals surface area contributed by atoms with Crippen LogP contribution in [0.1, 0.15) is 58.8 Å². The fraction of sp³-hybridized carbons (Fsp3) is 1.00. The second-order valence-corrected chi connectivity index (χ2v) is 7.01. The van der Waals surface area contributed by atoms with Gasteiger partial charge in [-0.05, 0) is 62.6 Å². The highest BCUT2D eigenvalue weighted by atomic mass is 15.1. The number of nitrogens with two attached hydrogens (primary N) is 1. The Balaban J connectivity index is 1.80. The zero-order valence-corrected chi connectivity index (χ0v) is 12.5. The minimum atomic E-state index is 0.621. The molecule has 1 saturated heterocycles. The lowest BCUT2D eigenvalue weighted by atomic mass is 9.76. The second kappa shape index (κ2) is 6.38. The van der Waals surface area contributed by atoms with E-state index in [1.165, 1.54) is 64.6 Å². The lowest BCUT2D eigenvalue weighted by molar-refractivity contribution is 0.0806. The van der Waals surface area contributed by atoms with E-state index in [4.69, 9.17) is 5.73 Å². The van der Waals surface area contributed by atoms with Crippen LogP contribution in [0.3, 0.4) is 0 Å². The summed E-state index contributed by atoms with van der Waals surface area (Å²) in [7, 11) is 0. The largest absolute Gasteiger partial charge is 0.330 e. The lowest BCUT2D eigenvalue weighted by Crippen LogP contribution is -2.43. The summed E-state index contributed by atoms with van der Waals surface area (Å²) in [6.45, 7) is 9.68. The Morgan fingerprint density at radius 2 is 1.72 bits per heavy atom. The summed E-state index contributed by atoms with van der Waals surface area (Å²) < 4.78 is 0. The molecule has 0 radical (unpaired) electrons. The first-order valence-electron chi connectivity index (χ1n) is 8.09. The molecule has 0 spiro atoms. The predicted octanol–water partition coefficient (Wildman–Crippen LogP) is 3.26. The molecule has 2 nitrogen and oxygen atoms in total. The van der Waals surface area contributed by atoms with Crippen molar-refractivity contribution in [3.8, 4) is 0 Å². The van der Waals surface area contributed by atoms with Crippen LogP contribution >= 0.6 is 0 Å². The molecule has 1 heterocycles. The van der Waals surface area contributed by atoms with E-state index >= 15 is 0 Å². The Morgan fingerprint density at radius 3 is 2.28 bits per heavy atom. The number of nitrogens with zero attached hydrogens (tertiary/aromatic N) is 1. The van der Waals surface area contributed by atoms with E-state index in [1.807, 2.05) is 0 Å². The highest BCUT2D eigenvalue weighted by Gasteiger charge is 2.31. The van der Waals surface area contributed by atoms with E-state index < -0.39 is 0 Å². The summed E-state index contributed by atoms with van der Waals surface area (Å²) in [5, 5.41) is 0. The number of likely N-dealkylation sites (tertiary alicyclic amines) is 1. The van der Waals surface area contributed by atoms with Gasteiger partial charge in [-0.25, -0.2) is 0 Å². The van der Waals surface area contributed by atoms with Crippen molar-refractivity contribution in [1.82, 2.24) is 4.90 Å². The molecule has 106 valence electrons. The zero-order chi connectivity index (χ0) is 13.0. The van der Waals surface area contributed by atoms with Gasteiger partial charge in [0.25, 0.3) is 0 Å². The van der Waals surface area contributed by atoms with Gasteiger partial charge in [-0.3, -0.25) is 0 Å². The molecule has 2 unspecified atom stereocenters. The Morgan fingerprint density at radius 1 is 1.11 bits per heavy atom. The Hall–Kier alpha value is -0.0800. The normalized spacial score (nSPS) is 33.5. The summed E-state index contributed by atoms with van der Waals surface area (Å²) in [4.78, 5) is 2.72. The number of hydrogen-bond acceptors (Lipinski definition) is 2. The molecule has 0 aromatic carbocycles. The van der Waals surface area contributed by atoms with Crippen LogP contribution in [0.15, 0.2) is 0 Å². The third-order valence-electron chi connectivity index (χ3n) is 5.78. The molecule has 2 heteroatoms. The van der Waals surface area contributed by atoms with Gasteiger partial charge in [-0.2, -0.15) is 0 Å². The molecule has 0 bridgehead atoms. The summed E-state index contributed by atoms with van der Waals surface area (Å²) in [6.07, 6.45) is 9.77. The minimum Gasteiger partial charge on any atom is -0.330 e. The maximum Gasteiger partial charge on any atom is 0.00128 e. The monoisotopic (exact) mass is 252 g/mol. The van der Waals surface area contributed by atoms with Gasteiger partial charge in [0.15, 0.2) is 0 Å². The molecule has 0 aromatic heterocycles. The topological polar surface area (TPSA) is 29.3 Å². The van der Waals surface area contributed by atoms with Gasteiger partial charge in [0.05, 0.1) is 0 Å². The summed E-state index contributed by atoms with van der Waals surface area (Å²) >= 11 is 0. The van der Waals surface area contributed by atoms with Gasteiger partial charge in [0.2, 0.25) is 0 Å². The van der Waals surface area contributed by atoms with Gasteiger partial charge in [-0.15, -0.1) is 0 Å². The molecule has 2 fully saturated rings. The molecular weight excluding hydrogens is 220 g/mol. The van der Waals surface area contributed by atoms with Crippen molar-refractivity contribution in [2.24, 2.45) is 23.0 Å². The SMILES string of the molecule is CCC1(C)CCN(CC2CCCCC2CN)CC1. The Kier molecular flexibility index (Phi) is 5.08. The Labute approximate surface area is 113 Å². The molecule has 2 N–H and O–H groups in total. The standard InChI is InChI=1S/C16H32N2/c1-3-16(2)8-10-18(11-9-16)13-15-7-5-4-6-14(15)12-17/h14-15H,3-13,17H2,1-2H3. The summed E-state index contributed by atoms with van der Waals surface area (Å²) in [6, 6.07) is 0. The van der Waals surface area contributed by atoms with Crippen LogP contribution in [0.25, 0.3) is 0 Å².